The van der Waals surface area contributed by atoms with Crippen LogP contribution in [0.5, 0.6) is 11.5 Å². The molecule has 0 aliphatic carbocycles. The number of methoxy groups -OCH3 is 2. The van der Waals surface area contributed by atoms with E-state index in [1.54, 1.807) is 58.5 Å². The molecule has 8 rings (SSSR count). The smallest absolute Gasteiger partial charge is 0.253 e. The van der Waals surface area contributed by atoms with E-state index in [0.29, 0.717) is 22.6 Å². The summed E-state index contributed by atoms with van der Waals surface area (Å²) < 4.78 is 39.5. The van der Waals surface area contributed by atoms with Crippen molar-refractivity contribution in [3.05, 3.63) is 120 Å². The molecular weight excluding hydrogens is 622 g/mol. The van der Waals surface area contributed by atoms with Crippen LogP contribution in [-0.2, 0) is 19.2 Å². The first-order chi connectivity index (χ1) is 23.2. The van der Waals surface area contributed by atoms with Gasteiger partial charge in [-0.3, -0.25) is 19.2 Å². The van der Waals surface area contributed by atoms with Gasteiger partial charge < -0.3 is 9.47 Å². The number of fused-ring (bicyclic) bond motifs is 5. The third-order valence-corrected chi connectivity index (χ3v) is 9.77. The van der Waals surface area contributed by atoms with E-state index in [9.17, 15) is 28.0 Å². The van der Waals surface area contributed by atoms with Gasteiger partial charge in [0.2, 0.25) is 11.8 Å². The van der Waals surface area contributed by atoms with Crippen LogP contribution in [0.2, 0.25) is 0 Å². The van der Waals surface area contributed by atoms with Gasteiger partial charge in [-0.2, -0.15) is 0 Å². The van der Waals surface area contributed by atoms with Crippen molar-refractivity contribution in [1.29, 1.82) is 0 Å². The molecule has 10 nitrogen and oxygen atoms in total. The maximum Gasteiger partial charge on any atom is 0.253 e. The molecule has 4 heterocycles. The van der Waals surface area contributed by atoms with Crippen molar-refractivity contribution >= 4 is 35.0 Å². The normalized spacial score (nSPS) is 26.7. The molecule has 4 fully saturated rings. The van der Waals surface area contributed by atoms with E-state index in [4.69, 9.17) is 9.47 Å². The highest BCUT2D eigenvalue weighted by Crippen LogP contribution is 2.60. The van der Waals surface area contributed by atoms with Crippen molar-refractivity contribution < 1.29 is 37.4 Å². The van der Waals surface area contributed by atoms with Gasteiger partial charge in [0.05, 0.1) is 49.5 Å². The fourth-order valence-electron chi connectivity index (χ4n) is 7.84. The monoisotopic (exact) mass is 650 g/mol. The number of hydrazine groups is 1. The molecule has 4 amide bonds. The molecule has 12 heteroatoms. The molecule has 4 aromatic rings. The molecule has 0 bridgehead atoms. The van der Waals surface area contributed by atoms with Gasteiger partial charge in [0.15, 0.2) is 0 Å². The number of anilines is 2. The van der Waals surface area contributed by atoms with Gasteiger partial charge >= 0.3 is 0 Å². The van der Waals surface area contributed by atoms with E-state index in [0.717, 1.165) is 21.9 Å². The van der Waals surface area contributed by atoms with Crippen LogP contribution in [0.25, 0.3) is 0 Å². The second-order valence-electron chi connectivity index (χ2n) is 12.1. The summed E-state index contributed by atoms with van der Waals surface area (Å²) in [6.07, 6.45) is 0. The van der Waals surface area contributed by atoms with Crippen LogP contribution >= 0.6 is 0 Å². The molecule has 242 valence electrons. The quantitative estimate of drug-likeness (QED) is 0.283. The topological polar surface area (TPSA) is 99.7 Å². The third kappa shape index (κ3) is 4.22. The van der Waals surface area contributed by atoms with Crippen LogP contribution in [-0.4, -0.2) is 59.9 Å². The Balaban J connectivity index is 1.33. The number of carbonyl (C=O) groups excluding carboxylic acids is 4. The molecule has 0 radical (unpaired) electrons. The Morgan fingerprint density at radius 1 is 0.500 bits per heavy atom. The van der Waals surface area contributed by atoms with Crippen molar-refractivity contribution in [2.45, 2.75) is 24.2 Å². The lowest BCUT2D eigenvalue weighted by Crippen LogP contribution is -2.50. The molecule has 0 N–H and O–H groups in total. The Morgan fingerprint density at radius 2 is 0.875 bits per heavy atom. The van der Waals surface area contributed by atoms with Crippen molar-refractivity contribution in [3.8, 4) is 11.5 Å². The summed E-state index contributed by atoms with van der Waals surface area (Å²) in [7, 11) is 3.04. The largest absolute Gasteiger partial charge is 0.497 e. The molecule has 4 aliphatic rings. The summed E-state index contributed by atoms with van der Waals surface area (Å²) in [5.41, 5.74) is 1.39. The first kappa shape index (κ1) is 29.9. The molecular formula is C36H28F2N4O6. The molecule has 0 saturated carbocycles. The van der Waals surface area contributed by atoms with E-state index in [2.05, 4.69) is 0 Å². The van der Waals surface area contributed by atoms with Gasteiger partial charge in [0.1, 0.15) is 35.2 Å². The van der Waals surface area contributed by atoms with Crippen molar-refractivity contribution in [2.24, 2.45) is 11.8 Å². The second kappa shape index (κ2) is 11.1. The van der Waals surface area contributed by atoms with Gasteiger partial charge in [0, 0.05) is 0 Å². The average Bonchev–Trinajstić information content (AvgIpc) is 3.76. The minimum absolute atomic E-state index is 0.0873. The van der Waals surface area contributed by atoms with Crippen LogP contribution in [0.15, 0.2) is 97.1 Å². The zero-order chi connectivity index (χ0) is 33.4. The van der Waals surface area contributed by atoms with Gasteiger partial charge in [0.25, 0.3) is 11.8 Å². The molecule has 4 saturated heterocycles. The van der Waals surface area contributed by atoms with Crippen LogP contribution in [0.3, 0.4) is 0 Å². The van der Waals surface area contributed by atoms with Crippen LogP contribution in [0, 0.1) is 23.5 Å². The summed E-state index contributed by atoms with van der Waals surface area (Å²) in [6, 6.07) is 20.4. The minimum atomic E-state index is -1.13. The second-order valence-corrected chi connectivity index (χ2v) is 12.1. The van der Waals surface area contributed by atoms with E-state index in [1.807, 2.05) is 0 Å². The Kier molecular flexibility index (Phi) is 6.90. The fourth-order valence-corrected chi connectivity index (χ4v) is 7.84. The number of rotatable bonds is 6. The van der Waals surface area contributed by atoms with Gasteiger partial charge in [-0.15, -0.1) is 0 Å². The Labute approximate surface area is 273 Å². The Morgan fingerprint density at radius 3 is 1.21 bits per heavy atom. The first-order valence-corrected chi connectivity index (χ1v) is 15.3. The summed E-state index contributed by atoms with van der Waals surface area (Å²) >= 11 is 0. The summed E-state index contributed by atoms with van der Waals surface area (Å²) in [5.74, 6) is -4.49. The highest BCUT2D eigenvalue weighted by molar-refractivity contribution is 6.26. The average molecular weight is 651 g/mol. The summed E-state index contributed by atoms with van der Waals surface area (Å²) in [4.78, 5) is 59.8. The Bertz CT molecular complexity index is 1850. The standard InChI is InChI=1S/C36H28F2N4O6/c1-47-25-13-9-19(10-14-25)29-27-31(35(45)39(33(27)43)23-7-3-5-21(37)17-23)42-30(20-11-15-26(48-2)16-12-20)28-32(41(29)42)36(46)40(34(28)44)24-8-4-6-22(38)18-24/h3-18,27-32H,1-2H3. The number of amides is 4. The molecule has 6 atom stereocenters. The molecule has 4 aromatic carbocycles. The maximum atomic E-state index is 14.5. The minimum Gasteiger partial charge on any atom is -0.497 e. The zero-order valence-corrected chi connectivity index (χ0v) is 25.7. The van der Waals surface area contributed by atoms with Crippen molar-refractivity contribution in [2.75, 3.05) is 24.0 Å². The highest BCUT2D eigenvalue weighted by atomic mass is 19.1. The number of carbonyl (C=O) groups is 4. The number of ether oxygens (including phenoxy) is 2. The fraction of sp³-hybridized carbons (Fsp3) is 0.222. The predicted octanol–water partition coefficient (Wildman–Crippen LogP) is 4.43. The highest BCUT2D eigenvalue weighted by Gasteiger charge is 2.73. The van der Waals surface area contributed by atoms with Crippen LogP contribution < -0.4 is 19.3 Å². The lowest BCUT2D eigenvalue weighted by Gasteiger charge is -2.35. The summed E-state index contributed by atoms with van der Waals surface area (Å²) in [6.45, 7) is 0. The number of imide groups is 2. The lowest BCUT2D eigenvalue weighted by molar-refractivity contribution is -0.136. The molecule has 48 heavy (non-hydrogen) atoms. The SMILES string of the molecule is COc1ccc(C2C3C(=O)N(c4cccc(F)c4)C(=O)C3N3C(c4ccc(OC)cc4)C4C(=O)N(c5cccc(F)c5)C(=O)C4N23)cc1. The van der Waals surface area contributed by atoms with Crippen LogP contribution in [0.4, 0.5) is 20.2 Å². The molecule has 0 spiro atoms. The van der Waals surface area contributed by atoms with Crippen LogP contribution in [0.1, 0.15) is 23.2 Å². The van der Waals surface area contributed by atoms with Gasteiger partial charge in [-0.1, -0.05) is 36.4 Å². The maximum absolute atomic E-state index is 14.5. The molecule has 4 aliphatic heterocycles. The van der Waals surface area contributed by atoms with Gasteiger partial charge in [-0.25, -0.2) is 28.6 Å². The third-order valence-electron chi connectivity index (χ3n) is 9.77. The number of nitrogens with zero attached hydrogens (tertiary/aromatic N) is 4. The first-order valence-electron chi connectivity index (χ1n) is 15.3. The zero-order valence-electron chi connectivity index (χ0n) is 25.7. The molecule has 6 unspecified atom stereocenters. The Hall–Kier alpha value is -5.46. The number of benzene rings is 4. The van der Waals surface area contributed by atoms with Crippen molar-refractivity contribution in [3.63, 3.8) is 0 Å². The number of hydrogen-bond acceptors (Lipinski definition) is 8. The van der Waals surface area contributed by atoms with Crippen molar-refractivity contribution in [1.82, 2.24) is 10.0 Å². The number of hydrogen-bond donors (Lipinski definition) is 0. The van der Waals surface area contributed by atoms with E-state index < -0.39 is 71.3 Å². The lowest BCUT2D eigenvalue weighted by atomic mass is 9.84. The van der Waals surface area contributed by atoms with E-state index in [-0.39, 0.29) is 11.4 Å². The number of halogens is 2. The van der Waals surface area contributed by atoms with Gasteiger partial charge in [-0.05, 0) is 71.8 Å². The summed E-state index contributed by atoms with van der Waals surface area (Å²) in [5, 5.41) is 3.41. The molecule has 0 aromatic heterocycles. The van der Waals surface area contributed by atoms with E-state index in [1.165, 1.54) is 50.6 Å². The van der Waals surface area contributed by atoms with E-state index >= 15 is 0 Å². The predicted molar refractivity (Wildman–Crippen MR) is 167 cm³/mol.